The number of carboxylic acid groups (broad SMARTS) is 1. The summed E-state index contributed by atoms with van der Waals surface area (Å²) in [5.74, 6) is -2.25. The number of quaternary nitrogens is 1. The average Bonchev–Trinajstić information content (AvgIpc) is 3.46. The summed E-state index contributed by atoms with van der Waals surface area (Å²) in [4.78, 5) is 37.5. The second-order valence-corrected chi connectivity index (χ2v) is 26.2. The van der Waals surface area contributed by atoms with Gasteiger partial charge in [0.25, 0.3) is 0 Å². The van der Waals surface area contributed by atoms with Crippen molar-refractivity contribution in [1.82, 2.24) is 0 Å². The van der Waals surface area contributed by atoms with E-state index in [-0.39, 0.29) is 32.2 Å². The Morgan fingerprint density at radius 2 is 0.651 bits per heavy atom. The molecule has 0 aliphatic carbocycles. The molecule has 0 aromatic heterocycles. The smallest absolute Gasteiger partial charge is 0.306 e. The molecule has 0 saturated heterocycles. The molecule has 0 heterocycles. The molecule has 83 heavy (non-hydrogen) atoms. The minimum Gasteiger partial charge on any atom is -0.545 e. The molecule has 0 aromatic rings. The van der Waals surface area contributed by atoms with Gasteiger partial charge in [-0.25, -0.2) is 0 Å². The summed E-state index contributed by atoms with van der Waals surface area (Å²) in [5.41, 5.74) is 0. The standard InChI is InChI=1S/C74H141NO8/c1-6-8-10-12-14-16-18-20-22-24-26-28-29-30-31-32-33-34-35-36-37-38-39-40-41-42-43-45-47-49-51-53-55-57-59-61-63-65-72(77)83-70(69-82-74(73(78)79)80-67-66-75(3,4)5)68-81-71(76)64-62-60-58-56-54-52-50-48-46-44-27-25-23-21-19-17-15-13-11-9-7-2/h18,20,24,26,70,74H,6-17,19,21-23,25,27-69H2,1-5H3/b20-18-,26-24-. The Kier molecular flexibility index (Phi) is 64.0. The van der Waals surface area contributed by atoms with Gasteiger partial charge in [0.15, 0.2) is 12.4 Å². The molecule has 0 rings (SSSR count). The number of esters is 2. The van der Waals surface area contributed by atoms with Crippen LogP contribution in [0.2, 0.25) is 0 Å². The summed E-state index contributed by atoms with van der Waals surface area (Å²) in [5, 5.41) is 11.8. The fraction of sp³-hybridized carbons (Fsp3) is 0.905. The second kappa shape index (κ2) is 65.7. The third-order valence-corrected chi connectivity index (χ3v) is 16.7. The zero-order valence-corrected chi connectivity index (χ0v) is 56.1. The summed E-state index contributed by atoms with van der Waals surface area (Å²) in [6, 6.07) is 0. The molecule has 0 aromatic carbocycles. The van der Waals surface area contributed by atoms with E-state index in [1.807, 2.05) is 21.1 Å². The summed E-state index contributed by atoms with van der Waals surface area (Å²) >= 11 is 0. The molecule has 0 amide bonds. The van der Waals surface area contributed by atoms with Crippen molar-refractivity contribution in [3.05, 3.63) is 24.3 Å². The van der Waals surface area contributed by atoms with Crippen LogP contribution in [-0.2, 0) is 33.3 Å². The van der Waals surface area contributed by atoms with Crippen LogP contribution in [0, 0.1) is 0 Å². The molecule has 0 fully saturated rings. The lowest BCUT2D eigenvalue weighted by Gasteiger charge is -2.26. The van der Waals surface area contributed by atoms with Crippen molar-refractivity contribution >= 4 is 17.9 Å². The zero-order valence-electron chi connectivity index (χ0n) is 56.1. The van der Waals surface area contributed by atoms with Crippen molar-refractivity contribution in [3.63, 3.8) is 0 Å². The largest absolute Gasteiger partial charge is 0.545 e. The van der Waals surface area contributed by atoms with E-state index in [0.717, 1.165) is 44.9 Å². The van der Waals surface area contributed by atoms with E-state index in [9.17, 15) is 19.5 Å². The maximum absolute atomic E-state index is 12.9. The number of hydrogen-bond donors (Lipinski definition) is 0. The van der Waals surface area contributed by atoms with Crippen LogP contribution in [-0.4, -0.2) is 82.3 Å². The van der Waals surface area contributed by atoms with E-state index in [1.54, 1.807) is 0 Å². The number of hydrogen-bond acceptors (Lipinski definition) is 8. The quantitative estimate of drug-likeness (QED) is 0.0195. The minimum atomic E-state index is -1.62. The molecule has 0 aliphatic heterocycles. The molecular weight excluding hydrogens is 1030 g/mol. The monoisotopic (exact) mass is 1170 g/mol. The lowest BCUT2D eigenvalue weighted by molar-refractivity contribution is -0.870. The van der Waals surface area contributed by atoms with Gasteiger partial charge in [-0.15, -0.1) is 0 Å². The van der Waals surface area contributed by atoms with Gasteiger partial charge in [-0.1, -0.05) is 340 Å². The Hall–Kier alpha value is -2.23. The molecule has 2 atom stereocenters. The Morgan fingerprint density at radius 3 is 0.952 bits per heavy atom. The first-order valence-corrected chi connectivity index (χ1v) is 36.5. The van der Waals surface area contributed by atoms with E-state index < -0.39 is 24.3 Å². The van der Waals surface area contributed by atoms with Gasteiger partial charge in [0.2, 0.25) is 0 Å². The lowest BCUT2D eigenvalue weighted by atomic mass is 10.0. The maximum atomic E-state index is 12.9. The highest BCUT2D eigenvalue weighted by Gasteiger charge is 2.22. The fourth-order valence-corrected chi connectivity index (χ4v) is 11.1. The van der Waals surface area contributed by atoms with Crippen LogP contribution in [0.4, 0.5) is 0 Å². The number of ether oxygens (including phenoxy) is 4. The number of carbonyl (C=O) groups is 3. The number of nitrogens with zero attached hydrogens (tertiary/aromatic N) is 1. The van der Waals surface area contributed by atoms with Crippen LogP contribution in [0.15, 0.2) is 24.3 Å². The number of rotatable bonds is 69. The molecule has 0 N–H and O–H groups in total. The summed E-state index contributed by atoms with van der Waals surface area (Å²) in [6.45, 7) is 4.82. The van der Waals surface area contributed by atoms with Crippen LogP contribution >= 0.6 is 0 Å². The van der Waals surface area contributed by atoms with Gasteiger partial charge in [-0.2, -0.15) is 0 Å². The molecule has 0 bridgehead atoms. The van der Waals surface area contributed by atoms with Crippen molar-refractivity contribution in [2.75, 3.05) is 47.5 Å². The number of unbranched alkanes of at least 4 members (excludes halogenated alkanes) is 50. The highest BCUT2D eigenvalue weighted by molar-refractivity contribution is 5.70. The van der Waals surface area contributed by atoms with Gasteiger partial charge in [0.1, 0.15) is 13.2 Å². The van der Waals surface area contributed by atoms with Crippen molar-refractivity contribution in [2.45, 2.75) is 386 Å². The summed E-state index contributed by atoms with van der Waals surface area (Å²) < 4.78 is 22.8. The lowest BCUT2D eigenvalue weighted by Crippen LogP contribution is -2.44. The van der Waals surface area contributed by atoms with Crippen molar-refractivity contribution in [2.24, 2.45) is 0 Å². The van der Waals surface area contributed by atoms with Crippen LogP contribution < -0.4 is 5.11 Å². The Bertz CT molecular complexity index is 1410. The zero-order chi connectivity index (χ0) is 60.5. The highest BCUT2D eigenvalue weighted by Crippen LogP contribution is 2.19. The van der Waals surface area contributed by atoms with Crippen LogP contribution in [0.3, 0.4) is 0 Å². The van der Waals surface area contributed by atoms with Crippen molar-refractivity contribution in [3.8, 4) is 0 Å². The first-order valence-electron chi connectivity index (χ1n) is 36.5. The third kappa shape index (κ3) is 67.1. The third-order valence-electron chi connectivity index (χ3n) is 16.7. The van der Waals surface area contributed by atoms with Gasteiger partial charge in [0, 0.05) is 12.8 Å². The first kappa shape index (κ1) is 80.8. The van der Waals surface area contributed by atoms with Gasteiger partial charge in [-0.3, -0.25) is 9.59 Å². The van der Waals surface area contributed by atoms with Gasteiger partial charge in [0.05, 0.1) is 40.3 Å². The van der Waals surface area contributed by atoms with Crippen LogP contribution in [0.1, 0.15) is 373 Å². The predicted molar refractivity (Wildman–Crippen MR) is 353 cm³/mol. The molecule has 0 aliphatic rings. The number of carbonyl (C=O) groups excluding carboxylic acids is 3. The van der Waals surface area contributed by atoms with E-state index >= 15 is 0 Å². The molecular formula is C74H141NO8. The Morgan fingerprint density at radius 1 is 0.361 bits per heavy atom. The van der Waals surface area contributed by atoms with E-state index in [4.69, 9.17) is 18.9 Å². The number of allylic oxidation sites excluding steroid dienone is 4. The average molecular weight is 1170 g/mol. The maximum Gasteiger partial charge on any atom is 0.306 e. The molecule has 9 heteroatoms. The van der Waals surface area contributed by atoms with E-state index in [1.165, 1.54) is 302 Å². The number of carboxylic acids is 1. The topological polar surface area (TPSA) is 111 Å². The van der Waals surface area contributed by atoms with Gasteiger partial charge < -0.3 is 33.3 Å². The van der Waals surface area contributed by atoms with Crippen molar-refractivity contribution in [1.29, 1.82) is 0 Å². The predicted octanol–water partition coefficient (Wildman–Crippen LogP) is 21.3. The molecule has 2 unspecified atom stereocenters. The molecule has 0 spiro atoms. The molecule has 0 saturated carbocycles. The summed E-state index contributed by atoms with van der Waals surface area (Å²) in [6.07, 6.45) is 78.5. The normalized spacial score (nSPS) is 12.7. The minimum absolute atomic E-state index is 0.152. The van der Waals surface area contributed by atoms with Crippen molar-refractivity contribution < 1.29 is 42.9 Å². The molecule has 0 radical (unpaired) electrons. The molecule has 9 nitrogen and oxygen atoms in total. The SMILES string of the molecule is CCCCCCC/C=C\C/C=C\CCCCCCCCCCCCCCCCCCCCCCCCCCCC(=O)OC(COC(=O)CCCCCCCCCCCCCCCCCCCCCCC)COC(OCC[N+](C)(C)C)C(=O)[O-]. The van der Waals surface area contributed by atoms with Gasteiger partial charge >= 0.3 is 11.9 Å². The van der Waals surface area contributed by atoms with Gasteiger partial charge in [-0.05, 0) is 44.9 Å². The van der Waals surface area contributed by atoms with Crippen LogP contribution in [0.5, 0.6) is 0 Å². The van der Waals surface area contributed by atoms with Crippen LogP contribution in [0.25, 0.3) is 0 Å². The number of likely N-dealkylation sites (N-methyl/N-ethyl adjacent to an activating group) is 1. The first-order chi connectivity index (χ1) is 40.6. The Labute approximate surface area is 516 Å². The molecule has 490 valence electrons. The fourth-order valence-electron chi connectivity index (χ4n) is 11.1. The second-order valence-electron chi connectivity index (χ2n) is 26.2. The van der Waals surface area contributed by atoms with E-state index in [0.29, 0.717) is 17.4 Å². The summed E-state index contributed by atoms with van der Waals surface area (Å²) in [7, 11) is 5.95. The number of aliphatic carboxylic acids is 1. The van der Waals surface area contributed by atoms with E-state index in [2.05, 4.69) is 38.2 Å². The Balaban J connectivity index is 3.97. The highest BCUT2D eigenvalue weighted by atomic mass is 16.7.